The van der Waals surface area contributed by atoms with Crippen LogP contribution < -0.4 is 10.2 Å². The van der Waals surface area contributed by atoms with Crippen molar-refractivity contribution in [1.29, 1.82) is 0 Å². The number of benzene rings is 3. The van der Waals surface area contributed by atoms with Gasteiger partial charge in [-0.2, -0.15) is 0 Å². The Hall–Kier alpha value is -4.52. The van der Waals surface area contributed by atoms with Crippen molar-refractivity contribution in [3.8, 4) is 0 Å². The van der Waals surface area contributed by atoms with Crippen molar-refractivity contribution in [3.63, 3.8) is 0 Å². The lowest BCUT2D eigenvalue weighted by molar-refractivity contribution is -0.116. The highest BCUT2D eigenvalue weighted by Gasteiger charge is 2.47. The number of para-hydroxylation sites is 1. The van der Waals surface area contributed by atoms with E-state index in [1.54, 1.807) is 22.1 Å². The van der Waals surface area contributed by atoms with E-state index in [1.165, 1.54) is 0 Å². The normalized spacial score (nSPS) is 15.9. The summed E-state index contributed by atoms with van der Waals surface area (Å²) in [5.74, 6) is -0.185. The number of carbonyl (C=O) groups is 3. The Morgan fingerprint density at radius 1 is 0.811 bits per heavy atom. The van der Waals surface area contributed by atoms with Gasteiger partial charge < -0.3 is 10.2 Å². The minimum Gasteiger partial charge on any atom is -0.325 e. The lowest BCUT2D eigenvalue weighted by atomic mass is 10.0. The molecule has 7 heteroatoms. The SMILES string of the molecule is O=C(CCCCCN1C(=O)c2ccccc2N2C(=O)c3ccccc3[C@H]12)Nc1cccc2ncccc12. The monoisotopic (exact) mass is 490 g/mol. The van der Waals surface area contributed by atoms with E-state index in [0.29, 0.717) is 36.2 Å². The maximum atomic E-state index is 13.5. The van der Waals surface area contributed by atoms with Gasteiger partial charge in [0.15, 0.2) is 0 Å². The Bertz CT molecular complexity index is 1530. The van der Waals surface area contributed by atoms with Crippen LogP contribution in [0.4, 0.5) is 11.4 Å². The lowest BCUT2D eigenvalue weighted by Crippen LogP contribution is -2.48. The number of fused-ring (bicyclic) bond motifs is 6. The molecule has 6 rings (SSSR count). The maximum Gasteiger partial charge on any atom is 0.260 e. The molecule has 184 valence electrons. The summed E-state index contributed by atoms with van der Waals surface area (Å²) in [6, 6.07) is 24.3. The number of unbranched alkanes of at least 4 members (excludes halogenated alkanes) is 2. The topological polar surface area (TPSA) is 82.6 Å². The molecule has 2 aliphatic rings. The second kappa shape index (κ2) is 9.50. The Morgan fingerprint density at radius 2 is 1.62 bits per heavy atom. The number of aromatic nitrogens is 1. The van der Waals surface area contributed by atoms with Crippen molar-refractivity contribution < 1.29 is 14.4 Å². The largest absolute Gasteiger partial charge is 0.325 e. The molecule has 3 amide bonds. The number of carbonyl (C=O) groups excluding carboxylic acids is 3. The molecule has 3 aromatic carbocycles. The second-order valence-electron chi connectivity index (χ2n) is 9.39. The fraction of sp³-hybridized carbons (Fsp3) is 0.200. The number of nitrogens with zero attached hydrogens (tertiary/aromatic N) is 3. The van der Waals surface area contributed by atoms with Gasteiger partial charge in [0, 0.05) is 35.7 Å². The van der Waals surface area contributed by atoms with E-state index in [1.807, 2.05) is 72.8 Å². The molecular weight excluding hydrogens is 464 g/mol. The molecule has 0 saturated carbocycles. The number of anilines is 2. The molecule has 0 aliphatic carbocycles. The number of hydrogen-bond acceptors (Lipinski definition) is 4. The summed E-state index contributed by atoms with van der Waals surface area (Å²) in [4.78, 5) is 47.2. The first kappa shape index (κ1) is 22.9. The molecule has 0 spiro atoms. The summed E-state index contributed by atoms with van der Waals surface area (Å²) in [6.07, 6.45) is 3.92. The summed E-state index contributed by atoms with van der Waals surface area (Å²) in [5, 5.41) is 3.92. The summed E-state index contributed by atoms with van der Waals surface area (Å²) >= 11 is 0. The zero-order chi connectivity index (χ0) is 25.4. The molecule has 0 unspecified atom stereocenters. The van der Waals surface area contributed by atoms with E-state index < -0.39 is 6.17 Å². The van der Waals surface area contributed by atoms with Gasteiger partial charge in [-0.05, 0) is 55.3 Å². The van der Waals surface area contributed by atoms with Crippen LogP contribution in [0.5, 0.6) is 0 Å². The van der Waals surface area contributed by atoms with Crippen LogP contribution in [0.3, 0.4) is 0 Å². The number of amides is 3. The molecule has 2 aliphatic heterocycles. The molecule has 37 heavy (non-hydrogen) atoms. The summed E-state index contributed by atoms with van der Waals surface area (Å²) < 4.78 is 0. The van der Waals surface area contributed by atoms with E-state index in [2.05, 4.69) is 10.3 Å². The van der Waals surface area contributed by atoms with Gasteiger partial charge in [0.2, 0.25) is 5.91 Å². The van der Waals surface area contributed by atoms with Crippen LogP contribution in [-0.4, -0.2) is 34.2 Å². The van der Waals surface area contributed by atoms with Crippen LogP contribution in [0.15, 0.2) is 85.1 Å². The van der Waals surface area contributed by atoms with Crippen LogP contribution in [0, 0.1) is 0 Å². The zero-order valence-corrected chi connectivity index (χ0v) is 20.3. The Morgan fingerprint density at radius 3 is 2.51 bits per heavy atom. The predicted octanol–water partition coefficient (Wildman–Crippen LogP) is 5.55. The van der Waals surface area contributed by atoms with Crippen molar-refractivity contribution in [3.05, 3.63) is 102 Å². The van der Waals surface area contributed by atoms with Crippen LogP contribution in [0.1, 0.15) is 58.1 Å². The third-order valence-electron chi connectivity index (χ3n) is 7.11. The first-order valence-electron chi connectivity index (χ1n) is 12.6. The fourth-order valence-corrected chi connectivity index (χ4v) is 5.37. The van der Waals surface area contributed by atoms with Gasteiger partial charge in [0.25, 0.3) is 11.8 Å². The minimum absolute atomic E-state index is 0.0409. The number of pyridine rings is 1. The summed E-state index contributed by atoms with van der Waals surface area (Å²) in [5.41, 5.74) is 4.31. The Balaban J connectivity index is 1.11. The smallest absolute Gasteiger partial charge is 0.260 e. The third-order valence-corrected chi connectivity index (χ3v) is 7.11. The minimum atomic E-state index is -0.436. The van der Waals surface area contributed by atoms with Gasteiger partial charge in [0.05, 0.1) is 22.5 Å². The van der Waals surface area contributed by atoms with E-state index in [0.717, 1.165) is 35.0 Å². The van der Waals surface area contributed by atoms with Crippen LogP contribution in [-0.2, 0) is 4.79 Å². The highest BCUT2D eigenvalue weighted by molar-refractivity contribution is 6.16. The van der Waals surface area contributed by atoms with E-state index in [9.17, 15) is 14.4 Å². The van der Waals surface area contributed by atoms with Gasteiger partial charge in [0.1, 0.15) is 6.17 Å². The van der Waals surface area contributed by atoms with Crippen LogP contribution in [0.2, 0.25) is 0 Å². The number of hydrogen-bond donors (Lipinski definition) is 1. The van der Waals surface area contributed by atoms with Crippen molar-refractivity contribution >= 4 is 40.0 Å². The molecule has 7 nitrogen and oxygen atoms in total. The van der Waals surface area contributed by atoms with Gasteiger partial charge in [-0.15, -0.1) is 0 Å². The molecule has 0 fully saturated rings. The maximum absolute atomic E-state index is 13.5. The number of rotatable bonds is 7. The quantitative estimate of drug-likeness (QED) is 0.345. The average Bonchev–Trinajstić information content (AvgIpc) is 3.23. The molecule has 1 atom stereocenters. The predicted molar refractivity (Wildman–Crippen MR) is 142 cm³/mol. The Labute approximate surface area is 214 Å². The standard InChI is InChI=1S/C30H26N4O3/c35-27(32-25-15-8-14-24-22(25)13-9-18-31-24)17-2-1-7-19-33-28-20-10-3-4-11-21(20)30(37)34(28)26-16-6-5-12-23(26)29(33)36/h3-6,8-16,18,28H,1-2,7,17,19H2,(H,32,35)/t28-/m1/s1. The first-order chi connectivity index (χ1) is 18.1. The van der Waals surface area contributed by atoms with Gasteiger partial charge in [-0.1, -0.05) is 42.8 Å². The van der Waals surface area contributed by atoms with Gasteiger partial charge in [-0.3, -0.25) is 24.3 Å². The molecule has 1 aromatic heterocycles. The van der Waals surface area contributed by atoms with Crippen LogP contribution in [0.25, 0.3) is 10.9 Å². The van der Waals surface area contributed by atoms with E-state index in [4.69, 9.17) is 0 Å². The molecular formula is C30H26N4O3. The molecule has 0 bridgehead atoms. The van der Waals surface area contributed by atoms with Gasteiger partial charge >= 0.3 is 0 Å². The zero-order valence-electron chi connectivity index (χ0n) is 20.3. The van der Waals surface area contributed by atoms with Crippen molar-refractivity contribution in [2.45, 2.75) is 31.8 Å². The summed E-state index contributed by atoms with van der Waals surface area (Å²) in [7, 11) is 0. The van der Waals surface area contributed by atoms with E-state index in [-0.39, 0.29) is 17.7 Å². The van der Waals surface area contributed by atoms with Crippen molar-refractivity contribution in [2.75, 3.05) is 16.8 Å². The fourth-order valence-electron chi connectivity index (χ4n) is 5.37. The second-order valence-corrected chi connectivity index (χ2v) is 9.39. The third kappa shape index (κ3) is 4.02. The van der Waals surface area contributed by atoms with Crippen molar-refractivity contribution in [1.82, 2.24) is 9.88 Å². The average molecular weight is 491 g/mol. The number of nitrogens with one attached hydrogen (secondary N) is 1. The van der Waals surface area contributed by atoms with E-state index >= 15 is 0 Å². The molecule has 4 aromatic rings. The van der Waals surface area contributed by atoms with Crippen molar-refractivity contribution in [2.24, 2.45) is 0 Å². The summed E-state index contributed by atoms with van der Waals surface area (Å²) in [6.45, 7) is 0.507. The highest BCUT2D eigenvalue weighted by atomic mass is 16.2. The Kier molecular flexibility index (Phi) is 5.88. The molecule has 1 N–H and O–H groups in total. The lowest BCUT2D eigenvalue weighted by Gasteiger charge is -2.41. The van der Waals surface area contributed by atoms with Crippen LogP contribution >= 0.6 is 0 Å². The first-order valence-corrected chi connectivity index (χ1v) is 12.6. The molecule has 3 heterocycles. The molecule has 0 radical (unpaired) electrons. The highest BCUT2D eigenvalue weighted by Crippen LogP contribution is 2.45. The molecule has 0 saturated heterocycles. The van der Waals surface area contributed by atoms with Gasteiger partial charge in [-0.25, -0.2) is 0 Å².